The monoisotopic (exact) mass is 225 g/mol. The first-order chi connectivity index (χ1) is 7.24. The molecule has 0 aliphatic rings. The van der Waals surface area contributed by atoms with E-state index in [1.54, 1.807) is 6.92 Å². The minimum Gasteiger partial charge on any atom is -0.360 e. The lowest BCUT2D eigenvalue weighted by molar-refractivity contribution is 0.379. The molecule has 1 N–H and O–H groups in total. The molecule has 15 heavy (non-hydrogen) atoms. The van der Waals surface area contributed by atoms with Gasteiger partial charge in [-0.15, -0.1) is 0 Å². The Morgan fingerprint density at radius 1 is 1.40 bits per heavy atom. The Bertz CT molecular complexity index is 441. The molecule has 0 bridgehead atoms. The van der Waals surface area contributed by atoms with Crippen LogP contribution >= 0.6 is 11.6 Å². The van der Waals surface area contributed by atoms with Gasteiger partial charge in [-0.3, -0.25) is 0 Å². The van der Waals surface area contributed by atoms with Gasteiger partial charge in [-0.2, -0.15) is 4.98 Å². The Labute approximate surface area is 90.7 Å². The topological polar surface area (TPSA) is 76.7 Å². The van der Waals surface area contributed by atoms with E-state index in [-0.39, 0.29) is 0 Å². The van der Waals surface area contributed by atoms with Gasteiger partial charge < -0.3 is 9.84 Å². The maximum Gasteiger partial charge on any atom is 0.245 e. The van der Waals surface area contributed by atoms with Gasteiger partial charge in [0.1, 0.15) is 11.0 Å². The molecule has 0 aromatic carbocycles. The van der Waals surface area contributed by atoms with Crippen molar-refractivity contribution < 1.29 is 4.52 Å². The van der Waals surface area contributed by atoms with Crippen molar-refractivity contribution in [1.29, 1.82) is 0 Å². The van der Waals surface area contributed by atoms with Gasteiger partial charge in [-0.1, -0.05) is 16.8 Å². The van der Waals surface area contributed by atoms with E-state index in [4.69, 9.17) is 16.1 Å². The third kappa shape index (κ3) is 2.63. The molecule has 0 radical (unpaired) electrons. The van der Waals surface area contributed by atoms with E-state index in [9.17, 15) is 0 Å². The number of rotatable bonds is 3. The van der Waals surface area contributed by atoms with Crippen molar-refractivity contribution in [1.82, 2.24) is 20.1 Å². The number of anilines is 1. The molecule has 0 unspecified atom stereocenters. The number of halogens is 1. The second kappa shape index (κ2) is 4.22. The van der Waals surface area contributed by atoms with Crippen molar-refractivity contribution in [3.05, 3.63) is 29.3 Å². The molecule has 2 aromatic heterocycles. The summed E-state index contributed by atoms with van der Waals surface area (Å²) in [7, 11) is 0. The molecule has 0 saturated heterocycles. The van der Waals surface area contributed by atoms with Gasteiger partial charge in [0.15, 0.2) is 5.82 Å². The zero-order chi connectivity index (χ0) is 10.7. The maximum atomic E-state index is 5.59. The molecule has 2 heterocycles. The van der Waals surface area contributed by atoms with Gasteiger partial charge >= 0.3 is 0 Å². The van der Waals surface area contributed by atoms with E-state index >= 15 is 0 Å². The van der Waals surface area contributed by atoms with Crippen LogP contribution in [-0.4, -0.2) is 20.1 Å². The minimum absolute atomic E-state index is 0.356. The fourth-order valence-electron chi connectivity index (χ4n) is 0.982. The number of hydrogen-bond acceptors (Lipinski definition) is 6. The Kier molecular flexibility index (Phi) is 2.77. The zero-order valence-corrected chi connectivity index (χ0v) is 8.69. The lowest BCUT2D eigenvalue weighted by Crippen LogP contribution is -2.01. The summed E-state index contributed by atoms with van der Waals surface area (Å²) in [5.74, 6) is 1.72. The van der Waals surface area contributed by atoms with Crippen molar-refractivity contribution >= 4 is 17.4 Å². The quantitative estimate of drug-likeness (QED) is 0.852. The number of nitrogens with zero attached hydrogens (tertiary/aromatic N) is 4. The highest BCUT2D eigenvalue weighted by atomic mass is 35.5. The second-order valence-electron chi connectivity index (χ2n) is 2.81. The van der Waals surface area contributed by atoms with Crippen LogP contribution in [0.25, 0.3) is 0 Å². The number of nitrogens with one attached hydrogen (secondary N) is 1. The van der Waals surface area contributed by atoms with E-state index < -0.39 is 0 Å². The van der Waals surface area contributed by atoms with Crippen LogP contribution in [0.3, 0.4) is 0 Å². The van der Waals surface area contributed by atoms with Crippen LogP contribution in [0.1, 0.15) is 11.7 Å². The average Bonchev–Trinajstić information content (AvgIpc) is 2.64. The first-order valence-corrected chi connectivity index (χ1v) is 4.62. The number of hydrogen-bond donors (Lipinski definition) is 1. The SMILES string of the molecule is Cc1noc(CNc2cnc(Cl)cn2)n1. The Hall–Kier alpha value is -1.69. The number of aryl methyl sites for hydroxylation is 1. The van der Waals surface area contributed by atoms with Gasteiger partial charge in [-0.25, -0.2) is 9.97 Å². The molecule has 0 spiro atoms. The Morgan fingerprint density at radius 3 is 2.87 bits per heavy atom. The highest BCUT2D eigenvalue weighted by Crippen LogP contribution is 2.06. The van der Waals surface area contributed by atoms with Gasteiger partial charge in [0.05, 0.1) is 18.9 Å². The molecule has 0 amide bonds. The molecule has 0 atom stereocenters. The second-order valence-corrected chi connectivity index (χ2v) is 3.20. The van der Waals surface area contributed by atoms with E-state index in [2.05, 4.69) is 25.4 Å². The lowest BCUT2D eigenvalue weighted by atomic mass is 10.5. The predicted molar refractivity (Wildman–Crippen MR) is 53.4 cm³/mol. The Morgan fingerprint density at radius 2 is 2.27 bits per heavy atom. The molecule has 2 aromatic rings. The van der Waals surface area contributed by atoms with Crippen molar-refractivity contribution in [3.8, 4) is 0 Å². The molecule has 0 saturated carbocycles. The van der Waals surface area contributed by atoms with Crippen LogP contribution in [0, 0.1) is 6.92 Å². The highest BCUT2D eigenvalue weighted by Gasteiger charge is 2.02. The van der Waals surface area contributed by atoms with Crippen LogP contribution in [0.5, 0.6) is 0 Å². The van der Waals surface area contributed by atoms with Gasteiger partial charge in [0.25, 0.3) is 0 Å². The first kappa shape index (κ1) is 9.85. The third-order valence-corrected chi connectivity index (χ3v) is 1.81. The third-order valence-electron chi connectivity index (χ3n) is 1.61. The molecule has 7 heteroatoms. The van der Waals surface area contributed by atoms with Gasteiger partial charge in [-0.05, 0) is 6.92 Å². The molecule has 6 nitrogen and oxygen atoms in total. The lowest BCUT2D eigenvalue weighted by Gasteiger charge is -2.00. The van der Waals surface area contributed by atoms with Gasteiger partial charge in [0.2, 0.25) is 5.89 Å². The van der Waals surface area contributed by atoms with Crippen molar-refractivity contribution in [2.45, 2.75) is 13.5 Å². The molecule has 0 aliphatic heterocycles. The normalized spacial score (nSPS) is 10.3. The van der Waals surface area contributed by atoms with E-state index in [0.29, 0.717) is 29.2 Å². The average molecular weight is 226 g/mol. The summed E-state index contributed by atoms with van der Waals surface area (Å²) in [6.07, 6.45) is 2.99. The van der Waals surface area contributed by atoms with Crippen molar-refractivity contribution in [2.24, 2.45) is 0 Å². The smallest absolute Gasteiger partial charge is 0.245 e. The first-order valence-electron chi connectivity index (χ1n) is 4.24. The van der Waals surface area contributed by atoms with Crippen molar-refractivity contribution in [2.75, 3.05) is 5.32 Å². The summed E-state index contributed by atoms with van der Waals surface area (Å²) in [6, 6.07) is 0. The molecule has 78 valence electrons. The summed E-state index contributed by atoms with van der Waals surface area (Å²) >= 11 is 5.59. The number of aromatic nitrogens is 4. The van der Waals surface area contributed by atoms with Crippen LogP contribution < -0.4 is 5.32 Å². The summed E-state index contributed by atoms with van der Waals surface area (Å²) in [4.78, 5) is 11.9. The van der Waals surface area contributed by atoms with E-state index in [1.807, 2.05) is 0 Å². The largest absolute Gasteiger partial charge is 0.360 e. The minimum atomic E-state index is 0.356. The van der Waals surface area contributed by atoms with Crippen molar-refractivity contribution in [3.63, 3.8) is 0 Å². The maximum absolute atomic E-state index is 5.59. The van der Waals surface area contributed by atoms with Crippen LogP contribution in [-0.2, 0) is 6.54 Å². The fourth-order valence-corrected chi connectivity index (χ4v) is 1.08. The molecule has 2 rings (SSSR count). The molecular weight excluding hydrogens is 218 g/mol. The highest BCUT2D eigenvalue weighted by molar-refractivity contribution is 6.29. The molecular formula is C8H8ClN5O. The van der Waals surface area contributed by atoms with Crippen LogP contribution in [0.2, 0.25) is 5.15 Å². The molecule has 0 aliphatic carbocycles. The summed E-state index contributed by atoms with van der Waals surface area (Å²) in [5, 5.41) is 6.99. The fraction of sp³-hybridized carbons (Fsp3) is 0.250. The predicted octanol–water partition coefficient (Wildman–Crippen LogP) is 1.43. The molecule has 0 fully saturated rings. The summed E-state index contributed by atoms with van der Waals surface area (Å²) in [6.45, 7) is 2.17. The zero-order valence-electron chi connectivity index (χ0n) is 7.94. The Balaban J connectivity index is 1.96. The van der Waals surface area contributed by atoms with Crippen LogP contribution in [0.4, 0.5) is 5.82 Å². The standard InChI is InChI=1S/C8H8ClN5O/c1-5-13-8(15-14-5)4-12-7-3-10-6(9)2-11-7/h2-3H,4H2,1H3,(H,11,12). The summed E-state index contributed by atoms with van der Waals surface area (Å²) < 4.78 is 4.91. The van der Waals surface area contributed by atoms with Gasteiger partial charge in [0, 0.05) is 0 Å². The van der Waals surface area contributed by atoms with E-state index in [1.165, 1.54) is 12.4 Å². The van der Waals surface area contributed by atoms with Crippen LogP contribution in [0.15, 0.2) is 16.9 Å². The van der Waals surface area contributed by atoms with E-state index in [0.717, 1.165) is 0 Å². The summed E-state index contributed by atoms with van der Waals surface area (Å²) in [5.41, 5.74) is 0.